The van der Waals surface area contributed by atoms with Crippen LogP contribution in [-0.4, -0.2) is 21.5 Å². The molecule has 5 heteroatoms. The second-order valence-electron chi connectivity index (χ2n) is 5.58. The Morgan fingerprint density at radius 3 is 2.33 bits per heavy atom. The highest BCUT2D eigenvalue weighted by Gasteiger charge is 2.10. The van der Waals surface area contributed by atoms with Crippen molar-refractivity contribution < 1.29 is 0 Å². The summed E-state index contributed by atoms with van der Waals surface area (Å²) < 4.78 is 0. The number of rotatable bonds is 5. The van der Waals surface area contributed by atoms with Crippen LogP contribution in [0.5, 0.6) is 0 Å². The molecule has 0 unspecified atom stereocenters. The number of hydrogen-bond donors (Lipinski definition) is 1. The zero-order valence-electron chi connectivity index (χ0n) is 12.9. The first-order valence-corrected chi connectivity index (χ1v) is 7.52. The minimum Gasteiger partial charge on any atom is -0.312 e. The number of nitrogens with one attached hydrogen (secondary N) is 1. The van der Waals surface area contributed by atoms with Crippen LogP contribution in [0.3, 0.4) is 0 Å². The number of nitrogens with zero attached hydrogens (tertiary/aromatic N) is 3. The summed E-state index contributed by atoms with van der Waals surface area (Å²) in [5, 5.41) is 4.05. The van der Waals surface area contributed by atoms with Crippen LogP contribution in [0.1, 0.15) is 30.8 Å². The van der Waals surface area contributed by atoms with Crippen molar-refractivity contribution in [2.45, 2.75) is 34.2 Å². The highest BCUT2D eigenvalue weighted by Crippen LogP contribution is 2.18. The molecule has 21 heavy (non-hydrogen) atoms. The van der Waals surface area contributed by atoms with Gasteiger partial charge in [-0.3, -0.25) is 4.98 Å². The molecule has 0 spiro atoms. The van der Waals surface area contributed by atoms with E-state index in [-0.39, 0.29) is 0 Å². The van der Waals surface area contributed by atoms with Gasteiger partial charge in [-0.05, 0) is 38.4 Å². The Balaban J connectivity index is 2.22. The van der Waals surface area contributed by atoms with Crippen LogP contribution >= 0.6 is 11.6 Å². The van der Waals surface area contributed by atoms with Gasteiger partial charge in [-0.15, -0.1) is 0 Å². The largest absolute Gasteiger partial charge is 0.312 e. The van der Waals surface area contributed by atoms with E-state index in [0.29, 0.717) is 16.8 Å². The van der Waals surface area contributed by atoms with Crippen LogP contribution in [0.25, 0.3) is 11.5 Å². The summed E-state index contributed by atoms with van der Waals surface area (Å²) in [6.07, 6.45) is 1.61. The number of aryl methyl sites for hydroxylation is 2. The lowest BCUT2D eigenvalue weighted by Crippen LogP contribution is -2.21. The summed E-state index contributed by atoms with van der Waals surface area (Å²) in [4.78, 5) is 13.4. The smallest absolute Gasteiger partial charge is 0.178 e. The van der Waals surface area contributed by atoms with Gasteiger partial charge in [0.2, 0.25) is 0 Å². The Hall–Kier alpha value is -1.52. The van der Waals surface area contributed by atoms with Crippen molar-refractivity contribution in [3.8, 4) is 11.5 Å². The number of aromatic nitrogens is 3. The molecule has 0 aliphatic rings. The second kappa shape index (κ2) is 6.96. The SMILES string of the molecule is Cc1nc(-c2ccc(Cl)cn2)nc(C)c1CNCC(C)C. The Labute approximate surface area is 131 Å². The second-order valence-corrected chi connectivity index (χ2v) is 6.02. The van der Waals surface area contributed by atoms with E-state index in [9.17, 15) is 0 Å². The number of hydrogen-bond acceptors (Lipinski definition) is 4. The summed E-state index contributed by atoms with van der Waals surface area (Å²) >= 11 is 5.86. The zero-order valence-corrected chi connectivity index (χ0v) is 13.7. The zero-order chi connectivity index (χ0) is 15.4. The summed E-state index contributed by atoms with van der Waals surface area (Å²) in [5.41, 5.74) is 3.89. The molecule has 0 radical (unpaired) electrons. The van der Waals surface area contributed by atoms with E-state index < -0.39 is 0 Å². The molecule has 0 atom stereocenters. The third-order valence-electron chi connectivity index (χ3n) is 3.23. The van der Waals surface area contributed by atoms with Gasteiger partial charge in [0.15, 0.2) is 5.82 Å². The van der Waals surface area contributed by atoms with Crippen molar-refractivity contribution in [2.75, 3.05) is 6.54 Å². The molecule has 0 fully saturated rings. The topological polar surface area (TPSA) is 50.7 Å². The van der Waals surface area contributed by atoms with Crippen molar-refractivity contribution in [2.24, 2.45) is 5.92 Å². The van der Waals surface area contributed by atoms with Crippen LogP contribution in [0.15, 0.2) is 18.3 Å². The summed E-state index contributed by atoms with van der Waals surface area (Å²) in [6, 6.07) is 3.64. The molecule has 2 rings (SSSR count). The molecule has 0 aliphatic carbocycles. The standard InChI is InChI=1S/C16H21ClN4/c1-10(2)7-18-9-14-11(3)20-16(21-12(14)4)15-6-5-13(17)8-19-15/h5-6,8,10,18H,7,9H2,1-4H3. The van der Waals surface area contributed by atoms with Crippen LogP contribution < -0.4 is 5.32 Å². The van der Waals surface area contributed by atoms with E-state index in [2.05, 4.69) is 34.1 Å². The highest BCUT2D eigenvalue weighted by atomic mass is 35.5. The van der Waals surface area contributed by atoms with E-state index in [0.717, 1.165) is 35.7 Å². The van der Waals surface area contributed by atoms with Gasteiger partial charge in [0.25, 0.3) is 0 Å². The van der Waals surface area contributed by atoms with Crippen molar-refractivity contribution in [3.63, 3.8) is 0 Å². The molecule has 2 aromatic heterocycles. The first-order valence-electron chi connectivity index (χ1n) is 7.14. The molecule has 2 heterocycles. The fourth-order valence-electron chi connectivity index (χ4n) is 2.10. The Kier molecular flexibility index (Phi) is 5.26. The number of halogens is 1. The van der Waals surface area contributed by atoms with Gasteiger partial charge in [-0.2, -0.15) is 0 Å². The highest BCUT2D eigenvalue weighted by molar-refractivity contribution is 6.30. The predicted molar refractivity (Wildman–Crippen MR) is 86.3 cm³/mol. The maximum atomic E-state index is 5.86. The average Bonchev–Trinajstić information content (AvgIpc) is 2.42. The lowest BCUT2D eigenvalue weighted by atomic mass is 10.1. The first kappa shape index (κ1) is 15.9. The normalized spacial score (nSPS) is 11.1. The first-order chi connectivity index (χ1) is 9.97. The van der Waals surface area contributed by atoms with Crippen LogP contribution in [0.2, 0.25) is 5.02 Å². The van der Waals surface area contributed by atoms with Gasteiger partial charge in [0.1, 0.15) is 5.69 Å². The van der Waals surface area contributed by atoms with Crippen molar-refractivity contribution in [1.29, 1.82) is 0 Å². The summed E-state index contributed by atoms with van der Waals surface area (Å²) in [6.45, 7) is 10.2. The quantitative estimate of drug-likeness (QED) is 0.917. The molecular weight excluding hydrogens is 284 g/mol. The molecule has 0 saturated heterocycles. The van der Waals surface area contributed by atoms with Crippen molar-refractivity contribution in [3.05, 3.63) is 40.3 Å². The Morgan fingerprint density at radius 1 is 1.14 bits per heavy atom. The summed E-state index contributed by atoms with van der Waals surface area (Å²) in [5.74, 6) is 1.28. The average molecular weight is 305 g/mol. The third kappa shape index (κ3) is 4.22. The maximum absolute atomic E-state index is 5.86. The third-order valence-corrected chi connectivity index (χ3v) is 3.46. The van der Waals surface area contributed by atoms with Gasteiger partial charge in [0, 0.05) is 29.7 Å². The predicted octanol–water partition coefficient (Wildman–Crippen LogP) is 3.55. The molecule has 0 saturated carbocycles. The molecular formula is C16H21ClN4. The van der Waals surface area contributed by atoms with Crippen molar-refractivity contribution >= 4 is 11.6 Å². The van der Waals surface area contributed by atoms with Gasteiger partial charge < -0.3 is 5.32 Å². The minimum atomic E-state index is 0.613. The Bertz CT molecular complexity index is 585. The molecule has 2 aromatic rings. The maximum Gasteiger partial charge on any atom is 0.178 e. The van der Waals surface area contributed by atoms with E-state index in [1.165, 1.54) is 0 Å². The molecule has 4 nitrogen and oxygen atoms in total. The van der Waals surface area contributed by atoms with E-state index >= 15 is 0 Å². The molecule has 112 valence electrons. The Morgan fingerprint density at radius 2 is 1.81 bits per heavy atom. The van der Waals surface area contributed by atoms with Crippen LogP contribution in [0, 0.1) is 19.8 Å². The van der Waals surface area contributed by atoms with Crippen molar-refractivity contribution in [1.82, 2.24) is 20.3 Å². The molecule has 1 N–H and O–H groups in total. The van der Waals surface area contributed by atoms with Gasteiger partial charge in [-0.1, -0.05) is 25.4 Å². The van der Waals surface area contributed by atoms with Gasteiger partial charge in [-0.25, -0.2) is 9.97 Å². The molecule has 0 amide bonds. The number of pyridine rings is 1. The van der Waals surface area contributed by atoms with E-state index in [1.807, 2.05) is 19.9 Å². The van der Waals surface area contributed by atoms with E-state index in [4.69, 9.17) is 11.6 Å². The van der Waals surface area contributed by atoms with Crippen LogP contribution in [-0.2, 0) is 6.54 Å². The molecule has 0 aromatic carbocycles. The van der Waals surface area contributed by atoms with Gasteiger partial charge >= 0.3 is 0 Å². The fourth-order valence-corrected chi connectivity index (χ4v) is 2.22. The lowest BCUT2D eigenvalue weighted by Gasteiger charge is -2.12. The minimum absolute atomic E-state index is 0.613. The molecule has 0 bridgehead atoms. The lowest BCUT2D eigenvalue weighted by molar-refractivity contribution is 0.549. The summed E-state index contributed by atoms with van der Waals surface area (Å²) in [7, 11) is 0. The van der Waals surface area contributed by atoms with Gasteiger partial charge in [0.05, 0.1) is 5.02 Å². The fraction of sp³-hybridized carbons (Fsp3) is 0.438. The monoisotopic (exact) mass is 304 g/mol. The van der Waals surface area contributed by atoms with E-state index in [1.54, 1.807) is 12.3 Å². The van der Waals surface area contributed by atoms with Crippen LogP contribution in [0.4, 0.5) is 0 Å². The molecule has 0 aliphatic heterocycles.